The van der Waals surface area contributed by atoms with Crippen LogP contribution in [-0.4, -0.2) is 12.1 Å². The lowest BCUT2D eigenvalue weighted by atomic mass is 9.74. The molecule has 4 N–H and O–H groups in total. The number of rotatable bonds is 6. The molecular weight excluding hydrogens is 531 g/mol. The lowest BCUT2D eigenvalue weighted by Gasteiger charge is -2.35. The summed E-state index contributed by atoms with van der Waals surface area (Å²) in [6.07, 6.45) is 0. The van der Waals surface area contributed by atoms with Crippen molar-refractivity contribution in [3.8, 4) is 0 Å². The van der Waals surface area contributed by atoms with Crippen LogP contribution in [0.1, 0.15) is 49.9 Å². The second-order valence-electron chi connectivity index (χ2n) is 11.7. The van der Waals surface area contributed by atoms with Gasteiger partial charge in [-0.2, -0.15) is 0 Å². The molecule has 6 rings (SSSR count). The first-order chi connectivity index (χ1) is 18.9. The van der Waals surface area contributed by atoms with E-state index in [2.05, 4.69) is 169 Å². The van der Waals surface area contributed by atoms with Crippen molar-refractivity contribution in [3.63, 3.8) is 0 Å². The highest BCUT2D eigenvalue weighted by Gasteiger charge is 2.71. The van der Waals surface area contributed by atoms with Gasteiger partial charge in [-0.15, -0.1) is 20.3 Å². The van der Waals surface area contributed by atoms with E-state index in [9.17, 15) is 0 Å². The molecule has 0 aliphatic carbocycles. The minimum atomic E-state index is -2.32. The van der Waals surface area contributed by atoms with E-state index in [1.165, 1.54) is 22.3 Å². The SMILES string of the molecule is CC(C)[C@@H]1N[P+]2(N[C@@H](C(C)C)C(c3ccccc3)(c3ccccc3)N2)NC1(c1ccccc1)c1ccccc1.[Cl-]. The van der Waals surface area contributed by atoms with Gasteiger partial charge in [-0.05, 0) is 34.1 Å². The Morgan fingerprint density at radius 1 is 0.475 bits per heavy atom. The lowest BCUT2D eigenvalue weighted by Crippen LogP contribution is -3.00. The molecule has 2 heterocycles. The molecule has 2 atom stereocenters. The maximum absolute atomic E-state index is 4.30. The zero-order valence-electron chi connectivity index (χ0n) is 23.7. The Kier molecular flexibility index (Phi) is 8.23. The Bertz CT molecular complexity index is 1190. The number of hydrogen-bond acceptors (Lipinski definition) is 4. The quantitative estimate of drug-likeness (QED) is 0.265. The molecule has 2 aliphatic heterocycles. The van der Waals surface area contributed by atoms with E-state index in [1.54, 1.807) is 0 Å². The fraction of sp³-hybridized carbons (Fsp3) is 0.294. The van der Waals surface area contributed by atoms with Gasteiger partial charge in [0.2, 0.25) is 0 Å². The van der Waals surface area contributed by atoms with Gasteiger partial charge in [0.1, 0.15) is 11.1 Å². The predicted octanol–water partition coefficient (Wildman–Crippen LogP) is 3.99. The minimum absolute atomic E-state index is 0. The van der Waals surface area contributed by atoms with Crippen LogP contribution in [0.25, 0.3) is 0 Å². The highest BCUT2D eigenvalue weighted by atomic mass is 35.5. The molecule has 0 bridgehead atoms. The zero-order chi connectivity index (χ0) is 27.1. The summed E-state index contributed by atoms with van der Waals surface area (Å²) in [5.74, 6) is 0.753. The van der Waals surface area contributed by atoms with Crippen molar-refractivity contribution in [1.82, 2.24) is 20.3 Å². The molecule has 0 unspecified atom stereocenters. The number of benzene rings is 4. The summed E-state index contributed by atoms with van der Waals surface area (Å²) in [6.45, 7) is 9.33. The van der Waals surface area contributed by atoms with Crippen molar-refractivity contribution in [2.75, 3.05) is 0 Å². The summed E-state index contributed by atoms with van der Waals surface area (Å²) < 4.78 is 0. The van der Waals surface area contributed by atoms with Gasteiger partial charge in [-0.3, -0.25) is 0 Å². The van der Waals surface area contributed by atoms with Crippen molar-refractivity contribution >= 4 is 7.87 Å². The van der Waals surface area contributed by atoms with Gasteiger partial charge in [0.05, 0.1) is 12.1 Å². The van der Waals surface area contributed by atoms with Crippen LogP contribution < -0.4 is 32.8 Å². The van der Waals surface area contributed by atoms with E-state index in [4.69, 9.17) is 0 Å². The fourth-order valence-electron chi connectivity index (χ4n) is 6.89. The van der Waals surface area contributed by atoms with Crippen LogP contribution in [0.5, 0.6) is 0 Å². The van der Waals surface area contributed by atoms with E-state index in [1.807, 2.05) is 0 Å². The van der Waals surface area contributed by atoms with Crippen LogP contribution >= 0.6 is 7.87 Å². The Hall–Kier alpha value is -2.56. The highest BCUT2D eigenvalue weighted by Crippen LogP contribution is 2.64. The van der Waals surface area contributed by atoms with Crippen molar-refractivity contribution in [3.05, 3.63) is 144 Å². The monoisotopic (exact) mass is 570 g/mol. The average molecular weight is 571 g/mol. The summed E-state index contributed by atoms with van der Waals surface area (Å²) in [6, 6.07) is 44.2. The molecule has 4 nitrogen and oxygen atoms in total. The van der Waals surface area contributed by atoms with Gasteiger partial charge in [-0.1, -0.05) is 149 Å². The molecule has 0 aromatic heterocycles. The molecule has 208 valence electrons. The van der Waals surface area contributed by atoms with E-state index >= 15 is 0 Å². The molecule has 0 saturated carbocycles. The molecule has 4 aromatic rings. The highest BCUT2D eigenvalue weighted by molar-refractivity contribution is 7.69. The largest absolute Gasteiger partial charge is 1.00 e. The van der Waals surface area contributed by atoms with Gasteiger partial charge in [0.15, 0.2) is 0 Å². The molecule has 40 heavy (non-hydrogen) atoms. The normalized spacial score (nSPS) is 22.4. The Morgan fingerprint density at radius 3 is 0.950 bits per heavy atom. The molecule has 0 radical (unpaired) electrons. The Morgan fingerprint density at radius 2 is 0.725 bits per heavy atom. The summed E-state index contributed by atoms with van der Waals surface area (Å²) in [4.78, 5) is 0. The lowest BCUT2D eigenvalue weighted by molar-refractivity contribution is -0.00000853. The van der Waals surface area contributed by atoms with Crippen molar-refractivity contribution in [2.45, 2.75) is 50.9 Å². The second-order valence-corrected chi connectivity index (χ2v) is 14.0. The molecule has 6 heteroatoms. The first kappa shape index (κ1) is 29.0. The summed E-state index contributed by atoms with van der Waals surface area (Å²) in [7, 11) is -2.32. The van der Waals surface area contributed by atoms with Crippen LogP contribution in [0.4, 0.5) is 0 Å². The third-order valence-corrected chi connectivity index (χ3v) is 11.2. The standard InChI is InChI=1S/C34H40N4P.ClH/c1-25(2)31-33(27-17-9-5-10-18-27,28-19-11-6-12-20-28)37-39(35-31)36-32(26(3)4)34(38-39,29-21-13-7-14-22-29)30-23-15-8-16-24-30;/h5-26,31-32,35-38H,1-4H3;1H/q+1;/p-1/t31-,32-,39?;/m0./s1. The fourth-order valence-corrected chi connectivity index (χ4v) is 10.9. The molecule has 1 spiro atoms. The zero-order valence-corrected chi connectivity index (χ0v) is 25.3. The topological polar surface area (TPSA) is 48.1 Å². The van der Waals surface area contributed by atoms with Gasteiger partial charge in [0.25, 0.3) is 0 Å². The van der Waals surface area contributed by atoms with Crippen molar-refractivity contribution in [1.29, 1.82) is 0 Å². The summed E-state index contributed by atoms with van der Waals surface area (Å²) in [5.41, 5.74) is 4.30. The molecular formula is C34H40ClN4P. The van der Waals surface area contributed by atoms with E-state index in [-0.39, 0.29) is 24.5 Å². The van der Waals surface area contributed by atoms with E-state index in [0.717, 1.165) is 0 Å². The molecule has 0 amide bonds. The molecule has 2 saturated heterocycles. The summed E-state index contributed by atoms with van der Waals surface area (Å²) >= 11 is 0. The average Bonchev–Trinajstić information content (AvgIpc) is 3.51. The molecule has 4 aromatic carbocycles. The van der Waals surface area contributed by atoms with Crippen LogP contribution in [0.2, 0.25) is 0 Å². The minimum Gasteiger partial charge on any atom is -1.00 e. The first-order valence-corrected chi connectivity index (χ1v) is 16.0. The van der Waals surface area contributed by atoms with Crippen molar-refractivity contribution < 1.29 is 12.4 Å². The van der Waals surface area contributed by atoms with Gasteiger partial charge >= 0.3 is 7.87 Å². The maximum Gasteiger partial charge on any atom is 0.301 e. The van der Waals surface area contributed by atoms with Crippen LogP contribution in [-0.2, 0) is 11.1 Å². The van der Waals surface area contributed by atoms with Gasteiger partial charge in [0, 0.05) is 0 Å². The number of hydrogen-bond donors (Lipinski definition) is 4. The van der Waals surface area contributed by atoms with Gasteiger partial charge in [-0.25, -0.2) is 0 Å². The number of nitrogens with one attached hydrogen (secondary N) is 4. The molecule has 2 aliphatic rings. The Balaban J connectivity index is 0.00000323. The molecule has 2 fully saturated rings. The van der Waals surface area contributed by atoms with Gasteiger partial charge < -0.3 is 12.4 Å². The third kappa shape index (κ3) is 4.61. The number of halogens is 1. The smallest absolute Gasteiger partial charge is 0.301 e. The van der Waals surface area contributed by atoms with Crippen LogP contribution in [0, 0.1) is 11.8 Å². The second kappa shape index (κ2) is 11.4. The third-order valence-electron chi connectivity index (χ3n) is 8.54. The maximum atomic E-state index is 4.30. The van der Waals surface area contributed by atoms with Crippen LogP contribution in [0.3, 0.4) is 0 Å². The van der Waals surface area contributed by atoms with E-state index < -0.39 is 18.9 Å². The Labute approximate surface area is 246 Å². The predicted molar refractivity (Wildman–Crippen MR) is 164 cm³/mol. The van der Waals surface area contributed by atoms with Crippen LogP contribution in [0.15, 0.2) is 121 Å². The van der Waals surface area contributed by atoms with Crippen molar-refractivity contribution in [2.24, 2.45) is 11.8 Å². The first-order valence-electron chi connectivity index (χ1n) is 14.2. The van der Waals surface area contributed by atoms with E-state index in [0.29, 0.717) is 11.8 Å². The summed E-state index contributed by atoms with van der Waals surface area (Å²) in [5, 5.41) is 17.0.